The van der Waals surface area contributed by atoms with Crippen LogP contribution in [0.4, 0.5) is 0 Å². The molecule has 0 radical (unpaired) electrons. The van der Waals surface area contributed by atoms with Gasteiger partial charge in [0.05, 0.1) is 23.3 Å². The summed E-state index contributed by atoms with van der Waals surface area (Å²) in [5.74, 6) is -0.174. The van der Waals surface area contributed by atoms with Gasteiger partial charge in [-0.25, -0.2) is 0 Å². The highest BCUT2D eigenvalue weighted by atomic mass is 16.6. The van der Waals surface area contributed by atoms with E-state index in [4.69, 9.17) is 14.2 Å². The maximum atomic E-state index is 13.6. The highest BCUT2D eigenvalue weighted by Crippen LogP contribution is 2.30. The van der Waals surface area contributed by atoms with Gasteiger partial charge in [-0.15, -0.1) is 0 Å². The topological polar surface area (TPSA) is 92.1 Å². The molecule has 4 rings (SSSR count). The Morgan fingerprint density at radius 2 is 1.78 bits per heavy atom. The van der Waals surface area contributed by atoms with Crippen molar-refractivity contribution in [3.8, 4) is 11.8 Å². The third-order valence-corrected chi connectivity index (χ3v) is 7.36. The molecule has 4 atom stereocenters. The Morgan fingerprint density at radius 3 is 2.51 bits per heavy atom. The van der Waals surface area contributed by atoms with Gasteiger partial charge in [0.2, 0.25) is 5.91 Å². The molecule has 2 aromatic carbocycles. The fourth-order valence-corrected chi connectivity index (χ4v) is 5.14. The molecule has 2 aliphatic heterocycles. The van der Waals surface area contributed by atoms with Crippen LogP contribution in [0.15, 0.2) is 48.5 Å². The van der Waals surface area contributed by atoms with Crippen LogP contribution in [-0.2, 0) is 14.3 Å². The average Bonchev–Trinajstić information content (AvgIpc) is 2.93. The van der Waals surface area contributed by atoms with E-state index in [1.54, 1.807) is 42.2 Å². The first-order valence-electron chi connectivity index (χ1n) is 12.8. The Morgan fingerprint density at radius 1 is 1.00 bits per heavy atom. The van der Waals surface area contributed by atoms with Crippen molar-refractivity contribution in [3.05, 3.63) is 65.2 Å². The zero-order chi connectivity index (χ0) is 26.4. The van der Waals surface area contributed by atoms with E-state index >= 15 is 0 Å². The number of hydrogen-bond donors (Lipinski definition) is 0. The van der Waals surface area contributed by atoms with E-state index in [-0.39, 0.29) is 60.4 Å². The SMILES string of the molecule is CO[C@H]1CC[C@@H]2CCN(C)C(=O)C[C@H](c3ccccc3)CN(C)C(=O)c3cccc(C#N)c3OC[C@@H]1O2. The zero-order valence-corrected chi connectivity index (χ0v) is 21.8. The molecule has 1 saturated heterocycles. The van der Waals surface area contributed by atoms with E-state index in [2.05, 4.69) is 6.07 Å². The standard InChI is InChI=1S/C29H35N3O5/c1-31-15-14-23-12-13-25(35-3)26(37-23)19-36-28-21(17-30)10-7-11-24(28)29(34)32(2)18-22(16-27(31)33)20-8-5-4-6-9-20/h4-11,22-23,25-26H,12-16,18-19H2,1-3H3/t22-,23+,25-,26-/m0/s1. The van der Waals surface area contributed by atoms with Crippen molar-refractivity contribution in [2.24, 2.45) is 0 Å². The molecule has 8 nitrogen and oxygen atoms in total. The van der Waals surface area contributed by atoms with Crippen LogP contribution in [0.25, 0.3) is 0 Å². The van der Waals surface area contributed by atoms with Crippen LogP contribution in [0.5, 0.6) is 5.75 Å². The van der Waals surface area contributed by atoms with E-state index < -0.39 is 0 Å². The van der Waals surface area contributed by atoms with Gasteiger partial charge in [-0.05, 0) is 37.0 Å². The van der Waals surface area contributed by atoms with Crippen molar-refractivity contribution in [1.29, 1.82) is 5.26 Å². The number of ether oxygens (including phenoxy) is 3. The van der Waals surface area contributed by atoms with Gasteiger partial charge in [0, 0.05) is 46.6 Å². The second-order valence-corrected chi connectivity index (χ2v) is 9.85. The summed E-state index contributed by atoms with van der Waals surface area (Å²) in [6.45, 7) is 1.07. The molecule has 196 valence electrons. The quantitative estimate of drug-likeness (QED) is 0.619. The van der Waals surface area contributed by atoms with Crippen molar-refractivity contribution in [2.75, 3.05) is 40.9 Å². The normalized spacial score (nSPS) is 25.7. The van der Waals surface area contributed by atoms with Gasteiger partial charge >= 0.3 is 0 Å². The Balaban J connectivity index is 1.70. The fraction of sp³-hybridized carbons (Fsp3) is 0.483. The molecule has 2 aliphatic rings. The number of hydrogen-bond acceptors (Lipinski definition) is 6. The first-order valence-corrected chi connectivity index (χ1v) is 12.8. The van der Waals surface area contributed by atoms with Crippen molar-refractivity contribution >= 4 is 11.8 Å². The predicted octanol–water partition coefficient (Wildman–Crippen LogP) is 3.61. The van der Waals surface area contributed by atoms with Gasteiger partial charge in [0.25, 0.3) is 5.91 Å². The molecule has 37 heavy (non-hydrogen) atoms. The minimum atomic E-state index is -0.354. The minimum absolute atomic E-state index is 0.0272. The molecular weight excluding hydrogens is 470 g/mol. The summed E-state index contributed by atoms with van der Waals surface area (Å²) in [6, 6.07) is 16.9. The fourth-order valence-electron chi connectivity index (χ4n) is 5.14. The number of fused-ring (bicyclic) bond motifs is 3. The lowest BCUT2D eigenvalue weighted by Crippen LogP contribution is -2.45. The van der Waals surface area contributed by atoms with Crippen LogP contribution in [-0.4, -0.2) is 80.8 Å². The average molecular weight is 506 g/mol. The van der Waals surface area contributed by atoms with Gasteiger partial charge < -0.3 is 24.0 Å². The maximum absolute atomic E-state index is 13.6. The molecule has 8 heteroatoms. The molecule has 0 aliphatic carbocycles. The van der Waals surface area contributed by atoms with Crippen LogP contribution in [0.3, 0.4) is 0 Å². The first kappa shape index (κ1) is 26.6. The highest BCUT2D eigenvalue weighted by Gasteiger charge is 2.33. The van der Waals surface area contributed by atoms with E-state index in [0.717, 1.165) is 18.4 Å². The number of nitrogens with zero attached hydrogens (tertiary/aromatic N) is 3. The molecular formula is C29H35N3O5. The summed E-state index contributed by atoms with van der Waals surface area (Å²) in [4.78, 5) is 30.2. The Bertz CT molecular complexity index is 1130. The second-order valence-electron chi connectivity index (χ2n) is 9.85. The van der Waals surface area contributed by atoms with Gasteiger partial charge in [-0.3, -0.25) is 9.59 Å². The maximum Gasteiger partial charge on any atom is 0.257 e. The van der Waals surface area contributed by atoms with Crippen molar-refractivity contribution < 1.29 is 23.8 Å². The molecule has 0 aromatic heterocycles. The number of rotatable bonds is 2. The lowest BCUT2D eigenvalue weighted by Gasteiger charge is -2.36. The Hall–Kier alpha value is -3.41. The molecule has 0 saturated carbocycles. The molecule has 2 heterocycles. The third-order valence-electron chi connectivity index (χ3n) is 7.36. The minimum Gasteiger partial charge on any atom is -0.489 e. The summed E-state index contributed by atoms with van der Waals surface area (Å²) >= 11 is 0. The number of carbonyl (C=O) groups excluding carboxylic acids is 2. The molecule has 1 fully saturated rings. The predicted molar refractivity (Wildman–Crippen MR) is 138 cm³/mol. The summed E-state index contributed by atoms with van der Waals surface area (Å²) < 4.78 is 18.1. The van der Waals surface area contributed by atoms with Crippen molar-refractivity contribution in [1.82, 2.24) is 9.80 Å². The number of para-hydroxylation sites is 1. The monoisotopic (exact) mass is 505 g/mol. The van der Waals surface area contributed by atoms with Gasteiger partial charge in [-0.1, -0.05) is 36.4 Å². The van der Waals surface area contributed by atoms with Gasteiger partial charge in [-0.2, -0.15) is 5.26 Å². The summed E-state index contributed by atoms with van der Waals surface area (Å²) in [5.41, 5.74) is 1.60. The molecule has 2 amide bonds. The van der Waals surface area contributed by atoms with Crippen LogP contribution < -0.4 is 4.74 Å². The number of methoxy groups -OCH3 is 1. The van der Waals surface area contributed by atoms with Crippen LogP contribution in [0.2, 0.25) is 0 Å². The summed E-state index contributed by atoms with van der Waals surface area (Å²) in [7, 11) is 5.19. The second kappa shape index (κ2) is 12.2. The van der Waals surface area contributed by atoms with E-state index in [0.29, 0.717) is 25.1 Å². The van der Waals surface area contributed by atoms with Crippen molar-refractivity contribution in [3.63, 3.8) is 0 Å². The summed E-state index contributed by atoms with van der Waals surface area (Å²) in [6.07, 6.45) is 2.07. The molecule has 0 spiro atoms. The number of likely N-dealkylation sites (N-methyl/N-ethyl adjacent to an activating group) is 1. The molecule has 0 unspecified atom stereocenters. The number of nitriles is 1. The van der Waals surface area contributed by atoms with Gasteiger partial charge in [0.15, 0.2) is 0 Å². The third kappa shape index (κ3) is 6.30. The number of amides is 2. The lowest BCUT2D eigenvalue weighted by atomic mass is 9.94. The van der Waals surface area contributed by atoms with Gasteiger partial charge in [0.1, 0.15) is 24.5 Å². The lowest BCUT2D eigenvalue weighted by molar-refractivity contribution is -0.145. The number of carbonyl (C=O) groups is 2. The van der Waals surface area contributed by atoms with Crippen LogP contribution >= 0.6 is 0 Å². The molecule has 0 N–H and O–H groups in total. The van der Waals surface area contributed by atoms with Crippen LogP contribution in [0.1, 0.15) is 53.1 Å². The largest absolute Gasteiger partial charge is 0.489 e. The van der Waals surface area contributed by atoms with Crippen LogP contribution in [0, 0.1) is 11.3 Å². The van der Waals surface area contributed by atoms with E-state index in [1.807, 2.05) is 37.4 Å². The molecule has 2 bridgehead atoms. The first-order chi connectivity index (χ1) is 17.9. The Kier molecular flexibility index (Phi) is 8.80. The number of benzene rings is 2. The Labute approximate surface area is 218 Å². The van der Waals surface area contributed by atoms with Crippen molar-refractivity contribution in [2.45, 2.75) is 49.9 Å². The summed E-state index contributed by atoms with van der Waals surface area (Å²) in [5, 5.41) is 9.75. The molecule has 2 aromatic rings. The van der Waals surface area contributed by atoms with E-state index in [1.165, 1.54) is 0 Å². The highest BCUT2D eigenvalue weighted by molar-refractivity contribution is 5.97. The smallest absolute Gasteiger partial charge is 0.257 e. The van der Waals surface area contributed by atoms with E-state index in [9.17, 15) is 14.9 Å². The zero-order valence-electron chi connectivity index (χ0n) is 21.8.